The fourth-order valence-corrected chi connectivity index (χ4v) is 10.7. The molecule has 278 valence electrons. The molecular weight excluding hydrogens is 711 g/mol. The van der Waals surface area contributed by atoms with Crippen molar-refractivity contribution < 1.29 is 0 Å². The van der Waals surface area contributed by atoms with Crippen molar-refractivity contribution in [3.05, 3.63) is 246 Å². The van der Waals surface area contributed by atoms with Crippen LogP contribution in [0.2, 0.25) is 0 Å². The van der Waals surface area contributed by atoms with Crippen molar-refractivity contribution in [2.24, 2.45) is 0 Å². The van der Waals surface area contributed by atoms with Gasteiger partial charge in [-0.1, -0.05) is 184 Å². The molecule has 0 unspecified atom stereocenters. The highest BCUT2D eigenvalue weighted by molar-refractivity contribution is 5.96. The molecule has 12 rings (SSSR count). The lowest BCUT2D eigenvalue weighted by Crippen LogP contribution is -2.30. The van der Waals surface area contributed by atoms with Crippen LogP contribution in [0.4, 0.5) is 17.1 Å². The Labute approximate surface area is 346 Å². The van der Waals surface area contributed by atoms with Crippen LogP contribution in [0.15, 0.2) is 212 Å². The van der Waals surface area contributed by atoms with Crippen LogP contribution in [0.1, 0.15) is 47.2 Å². The van der Waals surface area contributed by atoms with Crippen molar-refractivity contribution in [3.8, 4) is 55.6 Å². The minimum absolute atomic E-state index is 0.227. The summed E-state index contributed by atoms with van der Waals surface area (Å²) in [7, 11) is 0. The molecule has 1 heterocycles. The second-order valence-corrected chi connectivity index (χ2v) is 16.9. The number of nitrogens with zero attached hydrogens (tertiary/aromatic N) is 1. The molecule has 1 aliphatic heterocycles. The van der Waals surface area contributed by atoms with Gasteiger partial charge in [-0.2, -0.15) is 0 Å². The van der Waals surface area contributed by atoms with Crippen LogP contribution in [-0.2, 0) is 10.8 Å². The summed E-state index contributed by atoms with van der Waals surface area (Å²) in [6.45, 7) is 4.76. The first kappa shape index (κ1) is 33.9. The molecular formula is C58H41N. The van der Waals surface area contributed by atoms with Gasteiger partial charge in [-0.25, -0.2) is 0 Å². The summed E-state index contributed by atoms with van der Waals surface area (Å²) in [6, 6.07) is 79.1. The van der Waals surface area contributed by atoms with Crippen molar-refractivity contribution in [1.29, 1.82) is 0 Å². The molecule has 1 heteroatoms. The lowest BCUT2D eigenvalue weighted by molar-refractivity contribution is 0.632. The SMILES string of the molecule is CC1(C)c2cc(-c3ccccc3)ccc2N(c2ccc(-c3ccc4c(c3)-c3ccccc3C43c4ccccc4-c4ccccc43)cc2)c2ccc(-c3ccccc3)cc21. The smallest absolute Gasteiger partial charge is 0.0725 e. The van der Waals surface area contributed by atoms with Crippen LogP contribution in [-0.4, -0.2) is 0 Å². The molecule has 0 saturated heterocycles. The highest BCUT2D eigenvalue weighted by atomic mass is 15.2. The lowest BCUT2D eigenvalue weighted by atomic mass is 9.70. The zero-order valence-corrected chi connectivity index (χ0v) is 33.2. The zero-order chi connectivity index (χ0) is 39.3. The van der Waals surface area contributed by atoms with Crippen molar-refractivity contribution in [2.45, 2.75) is 24.7 Å². The maximum atomic E-state index is 2.47. The third-order valence-corrected chi connectivity index (χ3v) is 13.5. The van der Waals surface area contributed by atoms with E-state index in [0.717, 1.165) is 5.69 Å². The van der Waals surface area contributed by atoms with Crippen molar-refractivity contribution in [1.82, 2.24) is 0 Å². The standard InChI is InChI=1S/C58H41N/c1-57(2)53-36-42(38-15-5-3-6-16-38)28-33-55(53)59(56-34-29-43(37-54(56)57)39-17-7-4-8-18-39)44-30-25-40(26-31-44)41-27-32-52-48(35-41)47-21-11-14-24-51(47)58(52)49-22-12-9-19-45(49)46-20-10-13-23-50(46)58/h3-37H,1-2H3. The fourth-order valence-electron chi connectivity index (χ4n) is 10.7. The number of hydrogen-bond acceptors (Lipinski definition) is 1. The monoisotopic (exact) mass is 751 g/mol. The third kappa shape index (κ3) is 4.79. The van der Waals surface area contributed by atoms with Crippen LogP contribution in [0.3, 0.4) is 0 Å². The van der Waals surface area contributed by atoms with Gasteiger partial charge >= 0.3 is 0 Å². The number of rotatable bonds is 4. The van der Waals surface area contributed by atoms with E-state index < -0.39 is 0 Å². The third-order valence-electron chi connectivity index (χ3n) is 13.5. The quantitative estimate of drug-likeness (QED) is 0.173. The predicted molar refractivity (Wildman–Crippen MR) is 246 cm³/mol. The largest absolute Gasteiger partial charge is 0.310 e. The Morgan fingerprint density at radius 3 is 1.17 bits per heavy atom. The number of anilines is 3. The maximum absolute atomic E-state index is 2.47. The van der Waals surface area contributed by atoms with Gasteiger partial charge in [0.15, 0.2) is 0 Å². The molecule has 3 aliphatic rings. The first-order valence-electron chi connectivity index (χ1n) is 20.8. The van der Waals surface area contributed by atoms with Gasteiger partial charge in [-0.15, -0.1) is 0 Å². The average molecular weight is 752 g/mol. The number of fused-ring (bicyclic) bond motifs is 12. The highest BCUT2D eigenvalue weighted by Gasteiger charge is 2.51. The van der Waals surface area contributed by atoms with Gasteiger partial charge in [-0.3, -0.25) is 0 Å². The Kier molecular flexibility index (Phi) is 7.26. The van der Waals surface area contributed by atoms with E-state index in [1.165, 1.54) is 100 Å². The molecule has 1 spiro atoms. The molecule has 9 aromatic carbocycles. The maximum Gasteiger partial charge on any atom is 0.0725 e. The fraction of sp³-hybridized carbons (Fsp3) is 0.0690. The van der Waals surface area contributed by atoms with Gasteiger partial charge in [0.25, 0.3) is 0 Å². The normalized spacial score (nSPS) is 14.5. The van der Waals surface area contributed by atoms with Crippen LogP contribution in [0, 0.1) is 0 Å². The molecule has 59 heavy (non-hydrogen) atoms. The van der Waals surface area contributed by atoms with E-state index in [1.54, 1.807) is 0 Å². The Hall–Kier alpha value is -7.22. The molecule has 2 aliphatic carbocycles. The first-order chi connectivity index (χ1) is 29.0. The summed E-state index contributed by atoms with van der Waals surface area (Å²) < 4.78 is 0. The Morgan fingerprint density at radius 2 is 0.661 bits per heavy atom. The molecule has 1 nitrogen and oxygen atoms in total. The summed E-state index contributed by atoms with van der Waals surface area (Å²) in [6.07, 6.45) is 0. The Morgan fingerprint density at radius 1 is 0.288 bits per heavy atom. The molecule has 0 aromatic heterocycles. The van der Waals surface area contributed by atoms with Crippen molar-refractivity contribution >= 4 is 17.1 Å². The van der Waals surface area contributed by atoms with Gasteiger partial charge in [0.05, 0.1) is 16.8 Å². The predicted octanol–water partition coefficient (Wildman–Crippen LogP) is 15.1. The van der Waals surface area contributed by atoms with E-state index in [4.69, 9.17) is 0 Å². The molecule has 0 bridgehead atoms. The van der Waals surface area contributed by atoms with Crippen LogP contribution < -0.4 is 4.90 Å². The summed E-state index contributed by atoms with van der Waals surface area (Å²) in [5.74, 6) is 0. The molecule has 0 fully saturated rings. The van der Waals surface area contributed by atoms with Crippen LogP contribution in [0.5, 0.6) is 0 Å². The van der Waals surface area contributed by atoms with Gasteiger partial charge in [0, 0.05) is 11.1 Å². The lowest BCUT2D eigenvalue weighted by Gasteiger charge is -2.42. The van der Waals surface area contributed by atoms with E-state index in [1.807, 2.05) is 0 Å². The average Bonchev–Trinajstić information content (AvgIpc) is 3.77. The van der Waals surface area contributed by atoms with E-state index in [0.29, 0.717) is 0 Å². The minimum Gasteiger partial charge on any atom is -0.310 e. The summed E-state index contributed by atoms with van der Waals surface area (Å²) in [5.41, 5.74) is 23.8. The van der Waals surface area contributed by atoms with Crippen molar-refractivity contribution in [3.63, 3.8) is 0 Å². The summed E-state index contributed by atoms with van der Waals surface area (Å²) >= 11 is 0. The first-order valence-corrected chi connectivity index (χ1v) is 20.8. The highest BCUT2D eigenvalue weighted by Crippen LogP contribution is 2.63. The van der Waals surface area contributed by atoms with Gasteiger partial charge in [0.1, 0.15) is 0 Å². The summed E-state index contributed by atoms with van der Waals surface area (Å²) in [4.78, 5) is 2.47. The van der Waals surface area contributed by atoms with Gasteiger partial charge in [-0.05, 0) is 131 Å². The van der Waals surface area contributed by atoms with Gasteiger partial charge in [0.2, 0.25) is 0 Å². The molecule has 9 aromatic rings. The van der Waals surface area contributed by atoms with E-state index in [-0.39, 0.29) is 10.8 Å². The molecule has 0 saturated carbocycles. The zero-order valence-electron chi connectivity index (χ0n) is 33.2. The van der Waals surface area contributed by atoms with E-state index in [2.05, 4.69) is 231 Å². The second kappa shape index (κ2) is 12.6. The minimum atomic E-state index is -0.328. The summed E-state index contributed by atoms with van der Waals surface area (Å²) in [5, 5.41) is 0. The number of benzene rings is 9. The van der Waals surface area contributed by atoms with Crippen LogP contribution in [0.25, 0.3) is 55.6 Å². The Bertz CT molecular complexity index is 2980. The van der Waals surface area contributed by atoms with E-state index >= 15 is 0 Å². The van der Waals surface area contributed by atoms with Crippen LogP contribution >= 0.6 is 0 Å². The molecule has 0 amide bonds. The Balaban J connectivity index is 0.984. The molecule has 0 atom stereocenters. The molecule has 0 N–H and O–H groups in total. The second-order valence-electron chi connectivity index (χ2n) is 16.9. The topological polar surface area (TPSA) is 3.24 Å². The number of hydrogen-bond donors (Lipinski definition) is 0. The van der Waals surface area contributed by atoms with Crippen molar-refractivity contribution in [2.75, 3.05) is 4.90 Å². The van der Waals surface area contributed by atoms with E-state index in [9.17, 15) is 0 Å². The van der Waals surface area contributed by atoms with Gasteiger partial charge < -0.3 is 4.90 Å². The molecule has 0 radical (unpaired) electrons.